The summed E-state index contributed by atoms with van der Waals surface area (Å²) < 4.78 is 0. The van der Waals surface area contributed by atoms with Crippen LogP contribution in [0.15, 0.2) is 35.2 Å². The molecule has 1 amide bonds. The third-order valence-electron chi connectivity index (χ3n) is 3.26. The predicted octanol–water partition coefficient (Wildman–Crippen LogP) is 4.22. The molecule has 1 N–H and O–H groups in total. The number of anilines is 1. The van der Waals surface area contributed by atoms with Gasteiger partial charge in [0.2, 0.25) is 0 Å². The maximum atomic E-state index is 12.3. The molecule has 0 unspecified atom stereocenters. The molecule has 21 heavy (non-hydrogen) atoms. The molecule has 1 heterocycles. The fraction of sp³-hybridized carbons (Fsp3) is 0.176. The van der Waals surface area contributed by atoms with E-state index < -0.39 is 0 Å². The zero-order valence-electron chi connectivity index (χ0n) is 12.2. The first-order valence-corrected chi connectivity index (χ1v) is 7.44. The summed E-state index contributed by atoms with van der Waals surface area (Å²) in [5, 5.41) is 14.0. The van der Waals surface area contributed by atoms with E-state index in [9.17, 15) is 10.1 Å². The van der Waals surface area contributed by atoms with Crippen molar-refractivity contribution in [3.05, 3.63) is 56.8 Å². The fourth-order valence-corrected chi connectivity index (χ4v) is 2.86. The van der Waals surface area contributed by atoms with Crippen molar-refractivity contribution in [2.45, 2.75) is 20.8 Å². The number of rotatable bonds is 3. The van der Waals surface area contributed by atoms with E-state index in [0.29, 0.717) is 0 Å². The van der Waals surface area contributed by atoms with E-state index in [1.54, 1.807) is 6.08 Å². The molecule has 1 aromatic carbocycles. The van der Waals surface area contributed by atoms with Crippen LogP contribution in [0.25, 0.3) is 6.08 Å². The second-order valence-corrected chi connectivity index (χ2v) is 5.81. The molecule has 0 aliphatic carbocycles. The highest BCUT2D eigenvalue weighted by Crippen LogP contribution is 2.22. The largest absolute Gasteiger partial charge is 0.321 e. The molecule has 2 aromatic rings. The smallest absolute Gasteiger partial charge is 0.266 e. The molecule has 2 rings (SSSR count). The van der Waals surface area contributed by atoms with E-state index >= 15 is 0 Å². The van der Waals surface area contributed by atoms with E-state index in [2.05, 4.69) is 5.32 Å². The topological polar surface area (TPSA) is 52.9 Å². The number of carbonyl (C=O) groups excluding carboxylic acids is 1. The Hall–Kier alpha value is -2.38. The minimum absolute atomic E-state index is 0.114. The van der Waals surface area contributed by atoms with E-state index in [4.69, 9.17) is 0 Å². The van der Waals surface area contributed by atoms with Crippen LogP contribution >= 0.6 is 11.3 Å². The highest BCUT2D eigenvalue weighted by Gasteiger charge is 2.13. The van der Waals surface area contributed by atoms with Gasteiger partial charge in [-0.25, -0.2) is 0 Å². The van der Waals surface area contributed by atoms with Crippen molar-refractivity contribution in [1.29, 1.82) is 5.26 Å². The van der Waals surface area contributed by atoms with Gasteiger partial charge in [-0.2, -0.15) is 5.26 Å². The monoisotopic (exact) mass is 296 g/mol. The molecule has 3 nitrogen and oxygen atoms in total. The Bertz CT molecular complexity index is 730. The number of para-hydroxylation sites is 1. The Kier molecular flexibility index (Phi) is 4.56. The third kappa shape index (κ3) is 3.39. The standard InChI is InChI=1S/C17H16N2OS/c1-11-7-8-21-15(11)9-14(10-18)17(20)19-16-12(2)5-4-6-13(16)3/h4-9H,1-3H3,(H,19,20)/b14-9+. The first-order valence-electron chi connectivity index (χ1n) is 6.56. The van der Waals surface area contributed by atoms with Crippen LogP contribution in [0.2, 0.25) is 0 Å². The van der Waals surface area contributed by atoms with E-state index in [1.165, 1.54) is 11.3 Å². The molecule has 0 saturated heterocycles. The number of benzene rings is 1. The molecule has 0 aliphatic rings. The summed E-state index contributed by atoms with van der Waals surface area (Å²) in [6, 6.07) is 9.75. The molecule has 1 aromatic heterocycles. The number of hydrogen-bond donors (Lipinski definition) is 1. The van der Waals surface area contributed by atoms with E-state index in [-0.39, 0.29) is 11.5 Å². The molecular formula is C17H16N2OS. The number of nitriles is 1. The van der Waals surface area contributed by atoms with Gasteiger partial charge in [0.15, 0.2) is 0 Å². The van der Waals surface area contributed by atoms with Crippen molar-refractivity contribution in [3.8, 4) is 6.07 Å². The van der Waals surface area contributed by atoms with Crippen LogP contribution in [-0.4, -0.2) is 5.91 Å². The molecule has 106 valence electrons. The van der Waals surface area contributed by atoms with Gasteiger partial charge in [0.1, 0.15) is 11.6 Å². The van der Waals surface area contributed by atoms with Gasteiger partial charge < -0.3 is 5.32 Å². The van der Waals surface area contributed by atoms with Gasteiger partial charge in [0.05, 0.1) is 0 Å². The lowest BCUT2D eigenvalue weighted by atomic mass is 10.1. The summed E-state index contributed by atoms with van der Waals surface area (Å²) in [4.78, 5) is 13.2. The number of nitrogens with one attached hydrogen (secondary N) is 1. The Morgan fingerprint density at radius 3 is 2.38 bits per heavy atom. The molecule has 0 saturated carbocycles. The van der Waals surface area contributed by atoms with Gasteiger partial charge >= 0.3 is 0 Å². The Morgan fingerprint density at radius 2 is 1.86 bits per heavy atom. The van der Waals surface area contributed by atoms with Crippen molar-refractivity contribution in [2.24, 2.45) is 0 Å². The molecule has 0 atom stereocenters. The number of hydrogen-bond acceptors (Lipinski definition) is 3. The molecule has 0 radical (unpaired) electrons. The average molecular weight is 296 g/mol. The number of thiophene rings is 1. The lowest BCUT2D eigenvalue weighted by molar-refractivity contribution is -0.112. The summed E-state index contributed by atoms with van der Waals surface area (Å²) in [5.41, 5.74) is 3.91. The Labute approximate surface area is 128 Å². The van der Waals surface area contributed by atoms with Crippen molar-refractivity contribution < 1.29 is 4.79 Å². The van der Waals surface area contributed by atoms with Crippen molar-refractivity contribution >= 4 is 29.0 Å². The second-order valence-electron chi connectivity index (χ2n) is 4.86. The summed E-state index contributed by atoms with van der Waals surface area (Å²) in [6.07, 6.45) is 1.64. The van der Waals surface area contributed by atoms with Gasteiger partial charge in [-0.15, -0.1) is 11.3 Å². The summed E-state index contributed by atoms with van der Waals surface area (Å²) in [7, 11) is 0. The lowest BCUT2D eigenvalue weighted by Crippen LogP contribution is -2.15. The molecule has 0 aliphatic heterocycles. The predicted molar refractivity (Wildman–Crippen MR) is 87.2 cm³/mol. The van der Waals surface area contributed by atoms with Gasteiger partial charge in [0, 0.05) is 10.6 Å². The quantitative estimate of drug-likeness (QED) is 0.681. The minimum atomic E-state index is -0.372. The molecule has 0 bridgehead atoms. The van der Waals surface area contributed by atoms with Crippen LogP contribution in [0.5, 0.6) is 0 Å². The van der Waals surface area contributed by atoms with Gasteiger partial charge in [-0.3, -0.25) is 4.79 Å². The molecule has 0 fully saturated rings. The third-order valence-corrected chi connectivity index (χ3v) is 4.23. The van der Waals surface area contributed by atoms with Crippen LogP contribution in [-0.2, 0) is 4.79 Å². The van der Waals surface area contributed by atoms with Crippen LogP contribution in [0, 0.1) is 32.1 Å². The number of aryl methyl sites for hydroxylation is 3. The molecular weight excluding hydrogens is 280 g/mol. The average Bonchev–Trinajstić information content (AvgIpc) is 2.85. The highest BCUT2D eigenvalue weighted by atomic mass is 32.1. The van der Waals surface area contributed by atoms with Crippen LogP contribution in [0.3, 0.4) is 0 Å². The van der Waals surface area contributed by atoms with E-state index in [0.717, 1.165) is 27.3 Å². The van der Waals surface area contributed by atoms with E-state index in [1.807, 2.05) is 56.5 Å². The normalized spacial score (nSPS) is 11.0. The number of carbonyl (C=O) groups is 1. The minimum Gasteiger partial charge on any atom is -0.321 e. The summed E-state index contributed by atoms with van der Waals surface area (Å²) in [5.74, 6) is -0.372. The first-order chi connectivity index (χ1) is 10.0. The maximum Gasteiger partial charge on any atom is 0.266 e. The van der Waals surface area contributed by atoms with Crippen LogP contribution < -0.4 is 5.32 Å². The molecule has 4 heteroatoms. The van der Waals surface area contributed by atoms with Crippen molar-refractivity contribution in [1.82, 2.24) is 0 Å². The van der Waals surface area contributed by atoms with Crippen molar-refractivity contribution in [3.63, 3.8) is 0 Å². The van der Waals surface area contributed by atoms with Crippen LogP contribution in [0.4, 0.5) is 5.69 Å². The maximum absolute atomic E-state index is 12.3. The zero-order chi connectivity index (χ0) is 15.4. The van der Waals surface area contributed by atoms with Crippen molar-refractivity contribution in [2.75, 3.05) is 5.32 Å². The lowest BCUT2D eigenvalue weighted by Gasteiger charge is -2.10. The zero-order valence-corrected chi connectivity index (χ0v) is 13.0. The summed E-state index contributed by atoms with van der Waals surface area (Å²) in [6.45, 7) is 5.82. The van der Waals surface area contributed by atoms with Crippen LogP contribution in [0.1, 0.15) is 21.6 Å². The molecule has 0 spiro atoms. The van der Waals surface area contributed by atoms with Gasteiger partial charge in [-0.05, 0) is 55.0 Å². The number of amides is 1. The highest BCUT2D eigenvalue weighted by molar-refractivity contribution is 7.11. The van der Waals surface area contributed by atoms with Gasteiger partial charge in [0.25, 0.3) is 5.91 Å². The Morgan fingerprint density at radius 1 is 1.19 bits per heavy atom. The second kappa shape index (κ2) is 6.38. The first kappa shape index (κ1) is 15.0. The number of nitrogens with zero attached hydrogens (tertiary/aromatic N) is 1. The fourth-order valence-electron chi connectivity index (χ4n) is 2.00. The Balaban J connectivity index is 2.29. The SMILES string of the molecule is Cc1ccsc1/C=C(\C#N)C(=O)Nc1c(C)cccc1C. The summed E-state index contributed by atoms with van der Waals surface area (Å²) >= 11 is 1.52. The van der Waals surface area contributed by atoms with Gasteiger partial charge in [-0.1, -0.05) is 18.2 Å².